The molecule has 0 aliphatic heterocycles. The number of benzene rings is 1. The van der Waals surface area contributed by atoms with Crippen LogP contribution in [-0.4, -0.2) is 46.5 Å². The number of hydrogen-bond acceptors (Lipinski definition) is 3. The molecule has 2 N–H and O–H groups in total. The van der Waals surface area contributed by atoms with Gasteiger partial charge in [0.15, 0.2) is 0 Å². The van der Waals surface area contributed by atoms with E-state index in [0.29, 0.717) is 24.5 Å². The van der Waals surface area contributed by atoms with Crippen LogP contribution >= 0.6 is 11.6 Å². The first-order chi connectivity index (χ1) is 9.45. The Morgan fingerprint density at radius 1 is 1.20 bits per heavy atom. The summed E-state index contributed by atoms with van der Waals surface area (Å²) in [6.45, 7) is 1.67. The van der Waals surface area contributed by atoms with Crippen LogP contribution in [0.5, 0.6) is 0 Å². The first-order valence-electron chi connectivity index (χ1n) is 6.55. The Bertz CT molecular complexity index is 491. The number of nitrogens with one attached hydrogen (secondary N) is 2. The molecule has 7 heteroatoms. The van der Waals surface area contributed by atoms with Gasteiger partial charge in [0.05, 0.1) is 0 Å². The summed E-state index contributed by atoms with van der Waals surface area (Å²) in [7, 11) is 0.0401. The molecule has 0 aliphatic carbocycles. The number of halogens is 1. The Hall–Kier alpha value is -0.660. The van der Waals surface area contributed by atoms with E-state index in [1.165, 1.54) is 4.31 Å². The van der Waals surface area contributed by atoms with E-state index >= 15 is 0 Å². The van der Waals surface area contributed by atoms with Gasteiger partial charge in [0.2, 0.25) is 0 Å². The zero-order valence-corrected chi connectivity index (χ0v) is 13.5. The van der Waals surface area contributed by atoms with E-state index in [9.17, 15) is 8.42 Å². The maximum Gasteiger partial charge on any atom is 0.279 e. The fraction of sp³-hybridized carbons (Fsp3) is 0.538. The fourth-order valence-electron chi connectivity index (χ4n) is 1.68. The molecule has 1 aromatic rings. The maximum absolute atomic E-state index is 11.9. The molecule has 0 aliphatic rings. The molecule has 0 radical (unpaired) electrons. The smallest absolute Gasteiger partial charge is 0.279 e. The van der Waals surface area contributed by atoms with E-state index in [1.807, 2.05) is 19.2 Å². The van der Waals surface area contributed by atoms with Gasteiger partial charge in [-0.25, -0.2) is 4.72 Å². The zero-order chi connectivity index (χ0) is 15.0. The third-order valence-corrected chi connectivity index (χ3v) is 4.75. The average Bonchev–Trinajstić information content (AvgIpc) is 2.41. The fourth-order valence-corrected chi connectivity index (χ4v) is 2.76. The Kier molecular flexibility index (Phi) is 7.47. The Morgan fingerprint density at radius 3 is 2.45 bits per heavy atom. The minimum Gasteiger partial charge on any atom is -0.320 e. The molecule has 1 aromatic carbocycles. The van der Waals surface area contributed by atoms with Crippen molar-refractivity contribution in [3.8, 4) is 0 Å². The van der Waals surface area contributed by atoms with E-state index in [-0.39, 0.29) is 0 Å². The number of nitrogens with zero attached hydrogens (tertiary/aromatic N) is 1. The van der Waals surface area contributed by atoms with Crippen molar-refractivity contribution in [2.24, 2.45) is 0 Å². The predicted octanol–water partition coefficient (Wildman–Crippen LogP) is 1.26. The largest absolute Gasteiger partial charge is 0.320 e. The third kappa shape index (κ3) is 6.19. The van der Waals surface area contributed by atoms with Crippen molar-refractivity contribution < 1.29 is 8.42 Å². The Morgan fingerprint density at radius 2 is 1.85 bits per heavy atom. The van der Waals surface area contributed by atoms with E-state index in [1.54, 1.807) is 19.2 Å². The molecule has 0 saturated heterocycles. The second kappa shape index (κ2) is 8.59. The molecule has 0 heterocycles. The molecule has 1 rings (SSSR count). The van der Waals surface area contributed by atoms with Gasteiger partial charge >= 0.3 is 0 Å². The molecule has 0 atom stereocenters. The molecule has 0 aromatic heterocycles. The molecular weight excluding hydrogens is 298 g/mol. The standard InChI is InChI=1S/C13H22ClN3O2S/c1-15-9-3-11-17(2)20(18,19)16-10-8-12-4-6-13(14)7-5-12/h4-7,15-16H,3,8-11H2,1-2H3. The van der Waals surface area contributed by atoms with Crippen molar-refractivity contribution in [3.05, 3.63) is 34.9 Å². The Balaban J connectivity index is 2.37. The van der Waals surface area contributed by atoms with Crippen LogP contribution in [0.15, 0.2) is 24.3 Å². The quantitative estimate of drug-likeness (QED) is 0.674. The van der Waals surface area contributed by atoms with Crippen LogP contribution in [0.2, 0.25) is 5.02 Å². The summed E-state index contributed by atoms with van der Waals surface area (Å²) in [5.74, 6) is 0. The van der Waals surface area contributed by atoms with Crippen LogP contribution in [-0.2, 0) is 16.6 Å². The molecule has 114 valence electrons. The third-order valence-electron chi connectivity index (χ3n) is 2.92. The molecule has 0 fully saturated rings. The van der Waals surface area contributed by atoms with Crippen molar-refractivity contribution in [1.82, 2.24) is 14.3 Å². The lowest BCUT2D eigenvalue weighted by Gasteiger charge is -2.17. The first-order valence-corrected chi connectivity index (χ1v) is 8.37. The number of hydrogen-bond donors (Lipinski definition) is 2. The van der Waals surface area contributed by atoms with Gasteiger partial charge in [-0.05, 0) is 44.1 Å². The minimum absolute atomic E-state index is 0.375. The highest BCUT2D eigenvalue weighted by Crippen LogP contribution is 2.09. The monoisotopic (exact) mass is 319 g/mol. The van der Waals surface area contributed by atoms with Crippen LogP contribution in [0.4, 0.5) is 0 Å². The van der Waals surface area contributed by atoms with Crippen LogP contribution in [0.3, 0.4) is 0 Å². The van der Waals surface area contributed by atoms with Gasteiger partial charge in [-0.3, -0.25) is 0 Å². The van der Waals surface area contributed by atoms with Crippen molar-refractivity contribution in [2.45, 2.75) is 12.8 Å². The highest BCUT2D eigenvalue weighted by atomic mass is 35.5. The van der Waals surface area contributed by atoms with Crippen LogP contribution < -0.4 is 10.0 Å². The van der Waals surface area contributed by atoms with Gasteiger partial charge in [0.25, 0.3) is 10.2 Å². The number of rotatable bonds is 9. The summed E-state index contributed by atoms with van der Waals surface area (Å²) in [5, 5.41) is 3.67. The van der Waals surface area contributed by atoms with Gasteiger partial charge in [0, 0.05) is 25.2 Å². The van der Waals surface area contributed by atoms with E-state index < -0.39 is 10.2 Å². The molecule has 0 amide bonds. The molecule has 0 bridgehead atoms. The lowest BCUT2D eigenvalue weighted by atomic mass is 10.2. The van der Waals surface area contributed by atoms with Gasteiger partial charge < -0.3 is 5.32 Å². The van der Waals surface area contributed by atoms with Crippen molar-refractivity contribution in [3.63, 3.8) is 0 Å². The molecule has 20 heavy (non-hydrogen) atoms. The maximum atomic E-state index is 11.9. The van der Waals surface area contributed by atoms with Crippen LogP contribution in [0, 0.1) is 0 Å². The highest BCUT2D eigenvalue weighted by molar-refractivity contribution is 7.87. The van der Waals surface area contributed by atoms with Crippen LogP contribution in [0.25, 0.3) is 0 Å². The van der Waals surface area contributed by atoms with E-state index in [0.717, 1.165) is 18.5 Å². The molecule has 0 saturated carbocycles. The van der Waals surface area contributed by atoms with Crippen molar-refractivity contribution in [1.29, 1.82) is 0 Å². The summed E-state index contributed by atoms with van der Waals surface area (Å²) >= 11 is 5.80. The zero-order valence-electron chi connectivity index (χ0n) is 11.9. The average molecular weight is 320 g/mol. The summed E-state index contributed by atoms with van der Waals surface area (Å²) < 4.78 is 27.8. The summed E-state index contributed by atoms with van der Waals surface area (Å²) in [6, 6.07) is 7.39. The Labute approximate surface area is 126 Å². The normalized spacial score (nSPS) is 12.0. The van der Waals surface area contributed by atoms with E-state index in [2.05, 4.69) is 10.0 Å². The first kappa shape index (κ1) is 17.4. The topological polar surface area (TPSA) is 61.4 Å². The van der Waals surface area contributed by atoms with Gasteiger partial charge in [-0.15, -0.1) is 0 Å². The molecule has 0 spiro atoms. The van der Waals surface area contributed by atoms with Gasteiger partial charge in [-0.2, -0.15) is 12.7 Å². The second-order valence-electron chi connectivity index (χ2n) is 4.55. The molecule has 0 unspecified atom stereocenters. The highest BCUT2D eigenvalue weighted by Gasteiger charge is 2.15. The van der Waals surface area contributed by atoms with Gasteiger partial charge in [0.1, 0.15) is 0 Å². The van der Waals surface area contributed by atoms with Gasteiger partial charge in [-0.1, -0.05) is 23.7 Å². The lowest BCUT2D eigenvalue weighted by molar-refractivity contribution is 0.448. The molecular formula is C13H22ClN3O2S. The van der Waals surface area contributed by atoms with Crippen molar-refractivity contribution >= 4 is 21.8 Å². The minimum atomic E-state index is -3.39. The summed E-state index contributed by atoms with van der Waals surface area (Å²) in [6.07, 6.45) is 1.42. The second-order valence-corrected chi connectivity index (χ2v) is 6.85. The SMILES string of the molecule is CNCCCN(C)S(=O)(=O)NCCc1ccc(Cl)cc1. The van der Waals surface area contributed by atoms with Crippen molar-refractivity contribution in [2.75, 3.05) is 33.7 Å². The predicted molar refractivity (Wildman–Crippen MR) is 83.3 cm³/mol. The van der Waals surface area contributed by atoms with Crippen LogP contribution in [0.1, 0.15) is 12.0 Å². The van der Waals surface area contributed by atoms with E-state index in [4.69, 9.17) is 11.6 Å². The summed E-state index contributed by atoms with van der Waals surface area (Å²) in [5.41, 5.74) is 1.05. The lowest BCUT2D eigenvalue weighted by Crippen LogP contribution is -2.40. The molecule has 5 nitrogen and oxygen atoms in total. The summed E-state index contributed by atoms with van der Waals surface area (Å²) in [4.78, 5) is 0.